The molecule has 2 aromatic carbocycles. The number of piperazine rings is 1. The van der Waals surface area contributed by atoms with Crippen LogP contribution in [-0.2, 0) is 4.79 Å². The van der Waals surface area contributed by atoms with Crippen molar-refractivity contribution < 1.29 is 14.1 Å². The van der Waals surface area contributed by atoms with E-state index in [-0.39, 0.29) is 11.7 Å². The lowest BCUT2D eigenvalue weighted by Gasteiger charge is -2.33. The molecule has 3 rings (SSSR count). The third-order valence-corrected chi connectivity index (χ3v) is 5.52. The highest BCUT2D eigenvalue weighted by Gasteiger charge is 2.22. The van der Waals surface area contributed by atoms with Crippen LogP contribution in [-0.4, -0.2) is 50.9 Å². The van der Waals surface area contributed by atoms with E-state index in [0.29, 0.717) is 13.1 Å². The fraction of sp³-hybridized carbons (Fsp3) is 0.350. The van der Waals surface area contributed by atoms with E-state index in [1.807, 2.05) is 30.3 Å². The number of hydrogen-bond donors (Lipinski definition) is 2. The number of carbonyl (C=O) groups excluding carboxylic acids is 1. The SMILES string of the molecule is O=C(C[NH+]1CCN(c2ccc(F)cc2)CC1)NCCSc1ccccc1. The van der Waals surface area contributed by atoms with Gasteiger partial charge in [0.05, 0.1) is 26.2 Å². The Morgan fingerprint density at radius 2 is 1.77 bits per heavy atom. The summed E-state index contributed by atoms with van der Waals surface area (Å²) in [6.07, 6.45) is 0. The summed E-state index contributed by atoms with van der Waals surface area (Å²) < 4.78 is 13.0. The predicted octanol–water partition coefficient (Wildman–Crippen LogP) is 1.44. The third kappa shape index (κ3) is 5.75. The summed E-state index contributed by atoms with van der Waals surface area (Å²) in [6, 6.07) is 16.8. The molecule has 1 aliphatic heterocycles. The Kier molecular flexibility index (Phi) is 6.91. The molecule has 0 atom stereocenters. The first kappa shape index (κ1) is 18.7. The number of quaternary nitrogens is 1. The smallest absolute Gasteiger partial charge is 0.275 e. The molecule has 0 bridgehead atoms. The van der Waals surface area contributed by atoms with Crippen molar-refractivity contribution in [1.82, 2.24) is 5.32 Å². The minimum absolute atomic E-state index is 0.115. The first-order valence-electron chi connectivity index (χ1n) is 8.99. The first-order chi connectivity index (χ1) is 12.7. The first-order valence-corrected chi connectivity index (χ1v) is 9.98. The molecule has 0 aromatic heterocycles. The van der Waals surface area contributed by atoms with E-state index in [2.05, 4.69) is 22.3 Å². The molecule has 1 saturated heterocycles. The Hall–Kier alpha value is -2.05. The molecule has 1 amide bonds. The molecule has 138 valence electrons. The summed E-state index contributed by atoms with van der Waals surface area (Å²) in [7, 11) is 0. The highest BCUT2D eigenvalue weighted by Crippen LogP contribution is 2.16. The van der Waals surface area contributed by atoms with Gasteiger partial charge >= 0.3 is 0 Å². The summed E-state index contributed by atoms with van der Waals surface area (Å²) in [4.78, 5) is 16.9. The number of carbonyl (C=O) groups is 1. The van der Waals surface area contributed by atoms with Crippen molar-refractivity contribution in [3.05, 3.63) is 60.4 Å². The van der Waals surface area contributed by atoms with E-state index in [4.69, 9.17) is 0 Å². The largest absolute Gasteiger partial charge is 0.360 e. The quantitative estimate of drug-likeness (QED) is 0.569. The molecular formula is C20H25FN3OS+. The maximum atomic E-state index is 13.0. The Labute approximate surface area is 158 Å². The van der Waals surface area contributed by atoms with Gasteiger partial charge in [-0.3, -0.25) is 4.79 Å². The number of amides is 1. The molecule has 26 heavy (non-hydrogen) atoms. The molecule has 0 saturated carbocycles. The highest BCUT2D eigenvalue weighted by molar-refractivity contribution is 7.99. The topological polar surface area (TPSA) is 36.8 Å². The van der Waals surface area contributed by atoms with Gasteiger partial charge in [-0.05, 0) is 36.4 Å². The molecule has 2 aromatic rings. The van der Waals surface area contributed by atoms with Gasteiger partial charge < -0.3 is 15.1 Å². The van der Waals surface area contributed by atoms with Crippen LogP contribution < -0.4 is 15.1 Å². The van der Waals surface area contributed by atoms with Gasteiger partial charge in [0.15, 0.2) is 6.54 Å². The van der Waals surface area contributed by atoms with E-state index in [0.717, 1.165) is 37.6 Å². The Bertz CT molecular complexity index is 688. The van der Waals surface area contributed by atoms with Crippen LogP contribution in [0.15, 0.2) is 59.5 Å². The van der Waals surface area contributed by atoms with Crippen LogP contribution in [0.4, 0.5) is 10.1 Å². The lowest BCUT2D eigenvalue weighted by molar-refractivity contribution is -0.892. The van der Waals surface area contributed by atoms with Gasteiger partial charge in [0.2, 0.25) is 0 Å². The molecule has 1 fully saturated rings. The lowest BCUT2D eigenvalue weighted by atomic mass is 10.2. The Morgan fingerprint density at radius 3 is 2.46 bits per heavy atom. The van der Waals surface area contributed by atoms with E-state index < -0.39 is 0 Å². The standard InChI is InChI=1S/C20H24FN3OS/c21-17-6-8-18(9-7-17)24-13-11-23(12-14-24)16-20(25)22-10-15-26-19-4-2-1-3-5-19/h1-9H,10-16H2,(H,22,25)/p+1. The fourth-order valence-corrected chi connectivity index (χ4v) is 3.86. The minimum atomic E-state index is -0.208. The second-order valence-corrected chi connectivity index (χ2v) is 7.57. The normalized spacial score (nSPS) is 15.0. The van der Waals surface area contributed by atoms with Crippen molar-refractivity contribution in [3.63, 3.8) is 0 Å². The third-order valence-electron chi connectivity index (χ3n) is 4.51. The molecule has 0 radical (unpaired) electrons. The van der Waals surface area contributed by atoms with E-state index in [1.54, 1.807) is 11.8 Å². The number of benzene rings is 2. The number of halogens is 1. The van der Waals surface area contributed by atoms with Crippen molar-refractivity contribution in [2.45, 2.75) is 4.90 Å². The molecule has 1 heterocycles. The van der Waals surface area contributed by atoms with E-state index in [1.165, 1.54) is 21.9 Å². The fourth-order valence-electron chi connectivity index (χ4n) is 3.08. The predicted molar refractivity (Wildman–Crippen MR) is 104 cm³/mol. The lowest BCUT2D eigenvalue weighted by Crippen LogP contribution is -3.16. The Balaban J connectivity index is 1.32. The summed E-state index contributed by atoms with van der Waals surface area (Å²) in [5.41, 5.74) is 1.05. The van der Waals surface area contributed by atoms with E-state index >= 15 is 0 Å². The second-order valence-electron chi connectivity index (χ2n) is 6.40. The van der Waals surface area contributed by atoms with Crippen molar-refractivity contribution in [2.75, 3.05) is 49.9 Å². The van der Waals surface area contributed by atoms with Gasteiger partial charge in [-0.25, -0.2) is 4.39 Å². The highest BCUT2D eigenvalue weighted by atomic mass is 32.2. The van der Waals surface area contributed by atoms with Crippen LogP contribution >= 0.6 is 11.8 Å². The number of rotatable bonds is 7. The van der Waals surface area contributed by atoms with E-state index in [9.17, 15) is 9.18 Å². The van der Waals surface area contributed by atoms with Crippen LogP contribution in [0.25, 0.3) is 0 Å². The number of anilines is 1. The zero-order valence-corrected chi connectivity index (χ0v) is 15.6. The number of thioether (sulfide) groups is 1. The molecule has 2 N–H and O–H groups in total. The molecule has 0 spiro atoms. The van der Waals surface area contributed by atoms with Crippen molar-refractivity contribution >= 4 is 23.4 Å². The monoisotopic (exact) mass is 374 g/mol. The Morgan fingerprint density at radius 1 is 1.08 bits per heavy atom. The molecule has 1 aliphatic rings. The maximum Gasteiger partial charge on any atom is 0.275 e. The van der Waals surface area contributed by atoms with Gasteiger partial charge in [-0.15, -0.1) is 11.8 Å². The van der Waals surface area contributed by atoms with Gasteiger partial charge in [0, 0.05) is 22.9 Å². The zero-order valence-electron chi connectivity index (χ0n) is 14.8. The average Bonchev–Trinajstić information content (AvgIpc) is 2.67. The van der Waals surface area contributed by atoms with Crippen LogP contribution in [0.1, 0.15) is 0 Å². The van der Waals surface area contributed by atoms with Gasteiger partial charge in [0.25, 0.3) is 5.91 Å². The maximum absolute atomic E-state index is 13.0. The van der Waals surface area contributed by atoms with Gasteiger partial charge in [0.1, 0.15) is 5.82 Å². The van der Waals surface area contributed by atoms with Crippen molar-refractivity contribution in [3.8, 4) is 0 Å². The summed E-state index contributed by atoms with van der Waals surface area (Å²) in [5.74, 6) is 0.785. The second kappa shape index (κ2) is 9.59. The summed E-state index contributed by atoms with van der Waals surface area (Å²) in [5, 5.41) is 3.01. The van der Waals surface area contributed by atoms with Gasteiger partial charge in [-0.1, -0.05) is 18.2 Å². The minimum Gasteiger partial charge on any atom is -0.360 e. The molecule has 0 unspecified atom stereocenters. The van der Waals surface area contributed by atoms with Crippen molar-refractivity contribution in [1.29, 1.82) is 0 Å². The van der Waals surface area contributed by atoms with Crippen LogP contribution in [0, 0.1) is 5.82 Å². The van der Waals surface area contributed by atoms with Crippen molar-refractivity contribution in [2.24, 2.45) is 0 Å². The van der Waals surface area contributed by atoms with Crippen LogP contribution in [0.2, 0.25) is 0 Å². The van der Waals surface area contributed by atoms with Crippen LogP contribution in [0.3, 0.4) is 0 Å². The van der Waals surface area contributed by atoms with Gasteiger partial charge in [-0.2, -0.15) is 0 Å². The zero-order chi connectivity index (χ0) is 18.2. The molecule has 4 nitrogen and oxygen atoms in total. The van der Waals surface area contributed by atoms with Crippen LogP contribution in [0.5, 0.6) is 0 Å². The average molecular weight is 375 g/mol. The molecule has 6 heteroatoms. The number of nitrogens with zero attached hydrogens (tertiary/aromatic N) is 1. The summed E-state index contributed by atoms with van der Waals surface area (Å²) >= 11 is 1.75. The molecule has 0 aliphatic carbocycles. The molecular weight excluding hydrogens is 349 g/mol. The number of nitrogens with one attached hydrogen (secondary N) is 2. The number of hydrogen-bond acceptors (Lipinski definition) is 3. The summed E-state index contributed by atoms with van der Waals surface area (Å²) in [6.45, 7) is 4.82.